The monoisotopic (exact) mass is 538 g/mol. The molecule has 4 heteroatoms. The minimum absolute atomic E-state index is 0.316. The second-order valence-corrected chi connectivity index (χ2v) is 7.83. The lowest BCUT2D eigenvalue weighted by Crippen LogP contribution is -1.84. The minimum atomic E-state index is 0.316. The normalized spacial score (nSPS) is 11.2. The third-order valence-electron chi connectivity index (χ3n) is 4.20. The van der Waals surface area contributed by atoms with Crippen LogP contribution in [0.2, 0.25) is 0 Å². The summed E-state index contributed by atoms with van der Waals surface area (Å²) >= 11 is 4.35. The quantitative estimate of drug-likeness (QED) is 0.280. The van der Waals surface area contributed by atoms with E-state index in [0.29, 0.717) is 11.5 Å². The van der Waals surface area contributed by atoms with Crippen molar-refractivity contribution < 1.29 is 10.2 Å². The number of halogens is 2. The van der Waals surface area contributed by atoms with Gasteiger partial charge in [-0.25, -0.2) is 0 Å². The molecule has 0 aliphatic heterocycles. The molecule has 0 spiro atoms. The number of fused-ring (bicyclic) bond motifs is 2. The zero-order chi connectivity index (χ0) is 16.8. The van der Waals surface area contributed by atoms with E-state index in [1.54, 1.807) is 12.1 Å². The molecular formula is C20H12I2O2. The molecule has 4 rings (SSSR count). The summed E-state index contributed by atoms with van der Waals surface area (Å²) in [7, 11) is 0. The number of hydrogen-bond acceptors (Lipinski definition) is 2. The summed E-state index contributed by atoms with van der Waals surface area (Å²) in [4.78, 5) is 0. The van der Waals surface area contributed by atoms with Gasteiger partial charge < -0.3 is 10.2 Å². The SMILES string of the molecule is Oc1ccc2cc(-c3ccc4c(I)c(O)ccc4c3)ccc2c1I. The summed E-state index contributed by atoms with van der Waals surface area (Å²) in [5.74, 6) is 0.631. The van der Waals surface area contributed by atoms with E-state index in [9.17, 15) is 10.2 Å². The Morgan fingerprint density at radius 3 is 1.38 bits per heavy atom. The Balaban J connectivity index is 1.89. The van der Waals surface area contributed by atoms with E-state index in [2.05, 4.69) is 81.6 Å². The highest BCUT2D eigenvalue weighted by Crippen LogP contribution is 2.34. The van der Waals surface area contributed by atoms with Gasteiger partial charge in [0.1, 0.15) is 11.5 Å². The second kappa shape index (κ2) is 6.07. The van der Waals surface area contributed by atoms with E-state index < -0.39 is 0 Å². The fourth-order valence-corrected chi connectivity index (χ4v) is 4.26. The van der Waals surface area contributed by atoms with Gasteiger partial charge >= 0.3 is 0 Å². The topological polar surface area (TPSA) is 40.5 Å². The Kier molecular flexibility index (Phi) is 4.04. The predicted molar refractivity (Wildman–Crippen MR) is 116 cm³/mol. The molecule has 0 radical (unpaired) electrons. The van der Waals surface area contributed by atoms with Gasteiger partial charge in [-0.15, -0.1) is 0 Å². The third-order valence-corrected chi connectivity index (χ3v) is 6.47. The Bertz CT molecular complexity index is 1010. The fourth-order valence-electron chi connectivity index (χ4n) is 2.92. The summed E-state index contributed by atoms with van der Waals surface area (Å²) < 4.78 is 1.75. The number of phenols is 2. The summed E-state index contributed by atoms with van der Waals surface area (Å²) in [6, 6.07) is 19.9. The molecule has 0 unspecified atom stereocenters. The molecule has 0 bridgehead atoms. The maximum Gasteiger partial charge on any atom is 0.129 e. The summed E-state index contributed by atoms with van der Waals surface area (Å²) in [6.45, 7) is 0. The Morgan fingerprint density at radius 2 is 0.958 bits per heavy atom. The Hall–Kier alpha value is -1.54. The van der Waals surface area contributed by atoms with E-state index in [4.69, 9.17) is 0 Å². The van der Waals surface area contributed by atoms with Crippen molar-refractivity contribution >= 4 is 66.7 Å². The molecule has 4 aromatic rings. The molecule has 0 atom stereocenters. The summed E-state index contributed by atoms with van der Waals surface area (Å²) in [6.07, 6.45) is 0. The molecule has 2 nitrogen and oxygen atoms in total. The van der Waals surface area contributed by atoms with E-state index in [1.165, 1.54) is 0 Å². The standard InChI is InChI=1S/C20H12I2O2/c21-19-15-5-1-11(9-13(15)3-7-17(19)23)12-2-6-16-14(10-12)4-8-18(24)20(16)22/h1-10,23-24H. The molecule has 0 aromatic heterocycles. The molecule has 0 saturated carbocycles. The number of rotatable bonds is 1. The molecule has 0 fully saturated rings. The van der Waals surface area contributed by atoms with Crippen molar-refractivity contribution in [1.29, 1.82) is 0 Å². The third kappa shape index (κ3) is 2.61. The van der Waals surface area contributed by atoms with Crippen LogP contribution in [0.25, 0.3) is 32.7 Å². The maximum atomic E-state index is 9.84. The van der Waals surface area contributed by atoms with Gasteiger partial charge in [-0.05, 0) is 102 Å². The van der Waals surface area contributed by atoms with Gasteiger partial charge in [0.2, 0.25) is 0 Å². The first-order valence-electron chi connectivity index (χ1n) is 7.37. The lowest BCUT2D eigenvalue weighted by atomic mass is 9.98. The average molecular weight is 538 g/mol. The predicted octanol–water partition coefficient (Wildman–Crippen LogP) is 6.28. The summed E-state index contributed by atoms with van der Waals surface area (Å²) in [5.41, 5.74) is 2.27. The van der Waals surface area contributed by atoms with E-state index >= 15 is 0 Å². The molecule has 0 saturated heterocycles. The second-order valence-electron chi connectivity index (χ2n) is 5.67. The van der Waals surface area contributed by atoms with Crippen LogP contribution in [0.5, 0.6) is 11.5 Å². The van der Waals surface area contributed by atoms with Crippen LogP contribution in [0, 0.1) is 7.14 Å². The molecule has 0 aliphatic rings. The highest BCUT2D eigenvalue weighted by Gasteiger charge is 2.08. The van der Waals surface area contributed by atoms with Crippen LogP contribution in [0.3, 0.4) is 0 Å². The van der Waals surface area contributed by atoms with Crippen LogP contribution in [-0.2, 0) is 0 Å². The van der Waals surface area contributed by atoms with Gasteiger partial charge in [0, 0.05) is 0 Å². The zero-order valence-electron chi connectivity index (χ0n) is 12.4. The summed E-state index contributed by atoms with van der Waals surface area (Å²) in [5, 5.41) is 24.0. The molecule has 4 aromatic carbocycles. The lowest BCUT2D eigenvalue weighted by molar-refractivity contribution is 0.472. The van der Waals surface area contributed by atoms with E-state index in [1.807, 2.05) is 12.1 Å². The molecule has 24 heavy (non-hydrogen) atoms. The molecule has 0 aliphatic carbocycles. The highest BCUT2D eigenvalue weighted by molar-refractivity contribution is 14.1. The van der Waals surface area contributed by atoms with Gasteiger partial charge in [-0.3, -0.25) is 0 Å². The maximum absolute atomic E-state index is 9.84. The largest absolute Gasteiger partial charge is 0.507 e. The van der Waals surface area contributed by atoms with Crippen LogP contribution in [0.1, 0.15) is 0 Å². The minimum Gasteiger partial charge on any atom is -0.507 e. The van der Waals surface area contributed by atoms with Crippen molar-refractivity contribution in [1.82, 2.24) is 0 Å². The van der Waals surface area contributed by atoms with Gasteiger partial charge in [0.25, 0.3) is 0 Å². The van der Waals surface area contributed by atoms with Crippen molar-refractivity contribution in [3.05, 3.63) is 67.8 Å². The van der Waals surface area contributed by atoms with Crippen molar-refractivity contribution in [2.75, 3.05) is 0 Å². The number of phenolic OH excluding ortho intramolecular Hbond substituents is 2. The van der Waals surface area contributed by atoms with Gasteiger partial charge in [-0.1, -0.05) is 36.4 Å². The smallest absolute Gasteiger partial charge is 0.129 e. The van der Waals surface area contributed by atoms with E-state index in [0.717, 1.165) is 39.8 Å². The van der Waals surface area contributed by atoms with Crippen LogP contribution >= 0.6 is 45.2 Å². The van der Waals surface area contributed by atoms with Crippen LogP contribution in [-0.4, -0.2) is 10.2 Å². The van der Waals surface area contributed by atoms with Crippen LogP contribution in [0.15, 0.2) is 60.7 Å². The van der Waals surface area contributed by atoms with Gasteiger partial charge in [0.05, 0.1) is 7.14 Å². The average Bonchev–Trinajstić information content (AvgIpc) is 2.61. The lowest BCUT2D eigenvalue weighted by Gasteiger charge is -2.09. The molecule has 0 heterocycles. The molecular weight excluding hydrogens is 526 g/mol. The molecule has 2 N–H and O–H groups in total. The molecule has 118 valence electrons. The van der Waals surface area contributed by atoms with Gasteiger partial charge in [0.15, 0.2) is 0 Å². The van der Waals surface area contributed by atoms with Crippen LogP contribution < -0.4 is 0 Å². The Morgan fingerprint density at radius 1 is 0.542 bits per heavy atom. The van der Waals surface area contributed by atoms with Crippen LogP contribution in [0.4, 0.5) is 0 Å². The van der Waals surface area contributed by atoms with Gasteiger partial charge in [-0.2, -0.15) is 0 Å². The zero-order valence-corrected chi connectivity index (χ0v) is 16.7. The first kappa shape index (κ1) is 16.0. The number of aromatic hydroxyl groups is 2. The number of benzene rings is 4. The van der Waals surface area contributed by atoms with Crippen molar-refractivity contribution in [3.8, 4) is 22.6 Å². The Labute approximate surface area is 166 Å². The van der Waals surface area contributed by atoms with Crippen molar-refractivity contribution in [2.45, 2.75) is 0 Å². The first-order chi connectivity index (χ1) is 11.5. The fraction of sp³-hybridized carbons (Fsp3) is 0. The van der Waals surface area contributed by atoms with E-state index in [-0.39, 0.29) is 0 Å². The molecule has 0 amide bonds. The highest BCUT2D eigenvalue weighted by atomic mass is 127. The first-order valence-corrected chi connectivity index (χ1v) is 9.53. The number of hydrogen-bond donors (Lipinski definition) is 2. The van der Waals surface area contributed by atoms with Crippen molar-refractivity contribution in [3.63, 3.8) is 0 Å². The van der Waals surface area contributed by atoms with Crippen molar-refractivity contribution in [2.24, 2.45) is 0 Å².